The minimum Gasteiger partial charge on any atom is -0.462 e. The molecule has 4 rings (SSSR count). The summed E-state index contributed by atoms with van der Waals surface area (Å²) in [4.78, 5) is 12.5. The van der Waals surface area contributed by atoms with Crippen LogP contribution in [0.15, 0.2) is 73.0 Å². The van der Waals surface area contributed by atoms with Gasteiger partial charge in [-0.15, -0.1) is 0 Å². The number of esters is 1. The summed E-state index contributed by atoms with van der Waals surface area (Å²) in [6.45, 7) is 3.79. The Morgan fingerprint density at radius 1 is 0.794 bits per heavy atom. The number of ether oxygens (including phenoxy) is 2. The first-order valence-corrected chi connectivity index (χ1v) is 11.6. The fourth-order valence-corrected chi connectivity index (χ4v) is 4.47. The molecule has 0 N–H and O–H groups in total. The van der Waals surface area contributed by atoms with Gasteiger partial charge >= 0.3 is 5.97 Å². The molecule has 3 aromatic carbocycles. The van der Waals surface area contributed by atoms with Crippen molar-refractivity contribution in [1.82, 2.24) is 0 Å². The molecular weight excluding hydrogens is 434 g/mol. The Labute approximate surface area is 199 Å². The minimum atomic E-state index is -1.27. The van der Waals surface area contributed by atoms with Crippen molar-refractivity contribution in [2.75, 3.05) is 0 Å². The molecule has 0 atom stereocenters. The second-order valence-corrected chi connectivity index (χ2v) is 8.75. The van der Waals surface area contributed by atoms with E-state index in [0.717, 1.165) is 25.7 Å². The molecule has 0 unspecified atom stereocenters. The van der Waals surface area contributed by atoms with E-state index in [1.165, 1.54) is 35.1 Å². The second-order valence-electron chi connectivity index (χ2n) is 8.75. The van der Waals surface area contributed by atoms with E-state index in [9.17, 15) is 13.6 Å². The van der Waals surface area contributed by atoms with Crippen LogP contribution < -0.4 is 9.47 Å². The van der Waals surface area contributed by atoms with Gasteiger partial charge in [0, 0.05) is 0 Å². The lowest BCUT2D eigenvalue weighted by atomic mass is 9.76. The number of rotatable bonds is 6. The SMILES string of the molecule is C/C=C/Oc1ccc(OC(=O)c2ccc(C3CCC(c4ccc(C)cc4)CC3)cc2)c(F)c1F. The van der Waals surface area contributed by atoms with Gasteiger partial charge in [0.05, 0.1) is 11.8 Å². The minimum absolute atomic E-state index is 0.281. The Balaban J connectivity index is 1.37. The first-order chi connectivity index (χ1) is 16.5. The van der Waals surface area contributed by atoms with Crippen molar-refractivity contribution >= 4 is 5.97 Å². The maximum atomic E-state index is 14.3. The number of hydrogen-bond acceptors (Lipinski definition) is 3. The summed E-state index contributed by atoms with van der Waals surface area (Å²) in [7, 11) is 0. The monoisotopic (exact) mass is 462 g/mol. The van der Waals surface area contributed by atoms with E-state index in [1.54, 1.807) is 25.1 Å². The van der Waals surface area contributed by atoms with Crippen LogP contribution in [-0.4, -0.2) is 5.97 Å². The molecule has 1 aliphatic rings. The van der Waals surface area contributed by atoms with Gasteiger partial charge in [-0.1, -0.05) is 48.0 Å². The molecule has 3 nitrogen and oxygen atoms in total. The lowest BCUT2D eigenvalue weighted by Gasteiger charge is -2.29. The zero-order chi connectivity index (χ0) is 24.1. The van der Waals surface area contributed by atoms with Crippen molar-refractivity contribution in [3.8, 4) is 11.5 Å². The van der Waals surface area contributed by atoms with Gasteiger partial charge in [-0.25, -0.2) is 4.79 Å². The van der Waals surface area contributed by atoms with E-state index in [2.05, 4.69) is 31.2 Å². The fourth-order valence-electron chi connectivity index (χ4n) is 4.47. The van der Waals surface area contributed by atoms with Gasteiger partial charge in [-0.2, -0.15) is 8.78 Å². The number of allylic oxidation sites excluding steroid dienone is 1. The predicted octanol–water partition coefficient (Wildman–Crippen LogP) is 7.85. The number of carbonyl (C=O) groups excluding carboxylic acids is 1. The van der Waals surface area contributed by atoms with Crippen molar-refractivity contribution in [3.63, 3.8) is 0 Å². The van der Waals surface area contributed by atoms with Crippen LogP contribution >= 0.6 is 0 Å². The quantitative estimate of drug-likeness (QED) is 0.213. The molecule has 0 aromatic heterocycles. The molecule has 0 radical (unpaired) electrons. The fraction of sp³-hybridized carbons (Fsp3) is 0.276. The Morgan fingerprint density at radius 2 is 1.29 bits per heavy atom. The molecule has 0 aliphatic heterocycles. The van der Waals surface area contributed by atoms with Gasteiger partial charge in [0.25, 0.3) is 0 Å². The van der Waals surface area contributed by atoms with Crippen LogP contribution in [-0.2, 0) is 0 Å². The van der Waals surface area contributed by atoms with E-state index >= 15 is 0 Å². The molecule has 0 saturated heterocycles. The van der Waals surface area contributed by atoms with Gasteiger partial charge in [-0.05, 0) is 86.8 Å². The van der Waals surface area contributed by atoms with Crippen LogP contribution in [0.2, 0.25) is 0 Å². The highest BCUT2D eigenvalue weighted by molar-refractivity contribution is 5.91. The summed E-state index contributed by atoms with van der Waals surface area (Å²) in [6.07, 6.45) is 7.24. The van der Waals surface area contributed by atoms with E-state index in [0.29, 0.717) is 11.8 Å². The highest BCUT2D eigenvalue weighted by Crippen LogP contribution is 2.40. The maximum Gasteiger partial charge on any atom is 0.343 e. The number of benzene rings is 3. The highest BCUT2D eigenvalue weighted by atomic mass is 19.2. The molecule has 1 aliphatic carbocycles. The Bertz CT molecular complexity index is 1160. The molecule has 0 amide bonds. The molecule has 176 valence electrons. The van der Waals surface area contributed by atoms with Crippen molar-refractivity contribution in [2.24, 2.45) is 0 Å². The molecule has 1 saturated carbocycles. The molecule has 0 spiro atoms. The van der Waals surface area contributed by atoms with E-state index in [1.807, 2.05) is 12.1 Å². The predicted molar refractivity (Wildman–Crippen MR) is 128 cm³/mol. The Hall–Kier alpha value is -3.47. The van der Waals surface area contributed by atoms with Gasteiger partial charge in [0.1, 0.15) is 0 Å². The maximum absolute atomic E-state index is 14.3. The molecule has 0 bridgehead atoms. The van der Waals surface area contributed by atoms with Crippen LogP contribution in [0.3, 0.4) is 0 Å². The third kappa shape index (κ3) is 5.36. The second kappa shape index (κ2) is 10.6. The molecule has 5 heteroatoms. The number of halogens is 2. The van der Waals surface area contributed by atoms with Gasteiger partial charge < -0.3 is 9.47 Å². The summed E-state index contributed by atoms with van der Waals surface area (Å²) in [5, 5.41) is 0. The highest BCUT2D eigenvalue weighted by Gasteiger charge is 2.24. The molecule has 1 fully saturated rings. The lowest BCUT2D eigenvalue weighted by Crippen LogP contribution is -2.13. The van der Waals surface area contributed by atoms with Crippen molar-refractivity contribution in [2.45, 2.75) is 51.4 Å². The van der Waals surface area contributed by atoms with Crippen molar-refractivity contribution in [1.29, 1.82) is 0 Å². The van der Waals surface area contributed by atoms with E-state index in [4.69, 9.17) is 9.47 Å². The third-order valence-corrected chi connectivity index (χ3v) is 6.44. The van der Waals surface area contributed by atoms with Gasteiger partial charge in [0.15, 0.2) is 11.5 Å². The summed E-state index contributed by atoms with van der Waals surface area (Å²) < 4.78 is 38.5. The molecule has 34 heavy (non-hydrogen) atoms. The molecular formula is C29H28F2O3. The van der Waals surface area contributed by atoms with Gasteiger partial charge in [-0.3, -0.25) is 0 Å². The van der Waals surface area contributed by atoms with Gasteiger partial charge in [0.2, 0.25) is 11.6 Å². The largest absolute Gasteiger partial charge is 0.462 e. The first kappa shape index (κ1) is 23.7. The van der Waals surface area contributed by atoms with Crippen LogP contribution in [0.25, 0.3) is 0 Å². The van der Waals surface area contributed by atoms with Crippen LogP contribution in [0, 0.1) is 18.6 Å². The zero-order valence-corrected chi connectivity index (χ0v) is 19.4. The van der Waals surface area contributed by atoms with Crippen LogP contribution in [0.5, 0.6) is 11.5 Å². The number of aryl methyl sites for hydroxylation is 1. The third-order valence-electron chi connectivity index (χ3n) is 6.44. The average molecular weight is 463 g/mol. The topological polar surface area (TPSA) is 35.5 Å². The first-order valence-electron chi connectivity index (χ1n) is 11.6. The van der Waals surface area contributed by atoms with Crippen LogP contribution in [0.1, 0.15) is 71.5 Å². The summed E-state index contributed by atoms with van der Waals surface area (Å²) in [5.41, 5.74) is 4.15. The molecule has 3 aromatic rings. The van der Waals surface area contributed by atoms with Crippen molar-refractivity contribution in [3.05, 3.63) is 107 Å². The summed E-state index contributed by atoms with van der Waals surface area (Å²) >= 11 is 0. The lowest BCUT2D eigenvalue weighted by molar-refractivity contribution is 0.0726. The van der Waals surface area contributed by atoms with E-state index < -0.39 is 23.4 Å². The average Bonchev–Trinajstić information content (AvgIpc) is 2.87. The Morgan fingerprint density at radius 3 is 1.85 bits per heavy atom. The van der Waals surface area contributed by atoms with Crippen LogP contribution in [0.4, 0.5) is 8.78 Å². The number of hydrogen-bond donors (Lipinski definition) is 0. The molecule has 0 heterocycles. The normalized spacial score (nSPS) is 18.1. The summed E-state index contributed by atoms with van der Waals surface area (Å²) in [5.74, 6) is -2.93. The standard InChI is InChI=1S/C29H28F2O3/c1-3-18-33-25-16-17-26(28(31)27(25)30)34-29(32)24-14-12-23(13-15-24)22-10-8-21(9-11-22)20-6-4-19(2)5-7-20/h3-7,12-18,21-22H,8-11H2,1-2H3/b18-3+. The van der Waals surface area contributed by atoms with Crippen molar-refractivity contribution < 1.29 is 23.0 Å². The smallest absolute Gasteiger partial charge is 0.343 e. The van der Waals surface area contributed by atoms with E-state index in [-0.39, 0.29) is 11.3 Å². The number of carbonyl (C=O) groups is 1. The Kier molecular flexibility index (Phi) is 7.41. The summed E-state index contributed by atoms with van der Waals surface area (Å²) in [6, 6.07) is 18.4. The zero-order valence-electron chi connectivity index (χ0n) is 19.4.